The normalized spacial score (nSPS) is 21.4. The van der Waals surface area contributed by atoms with E-state index < -0.39 is 0 Å². The third kappa shape index (κ3) is 5.31. The summed E-state index contributed by atoms with van der Waals surface area (Å²) >= 11 is 1.76. The van der Waals surface area contributed by atoms with Gasteiger partial charge in [-0.1, -0.05) is 36.4 Å². The standard InChI is InChI=1S/C20H28N4S/c1-3-21-20(22-13-19-10-7-11-25-19)23-18-12-16(2)24(15-18)14-17-8-5-4-6-9-17/h4-11,16,18H,3,12-15H2,1-2H3,(H2,21,22,23). The van der Waals surface area contributed by atoms with E-state index in [9.17, 15) is 0 Å². The molecule has 1 fully saturated rings. The molecule has 0 bridgehead atoms. The second-order valence-corrected chi connectivity index (χ2v) is 7.65. The van der Waals surface area contributed by atoms with Gasteiger partial charge in [0.15, 0.2) is 5.96 Å². The molecule has 1 saturated heterocycles. The summed E-state index contributed by atoms with van der Waals surface area (Å²) in [5.41, 5.74) is 1.38. The summed E-state index contributed by atoms with van der Waals surface area (Å²) in [6.07, 6.45) is 1.15. The maximum absolute atomic E-state index is 4.74. The molecule has 1 aromatic heterocycles. The van der Waals surface area contributed by atoms with Gasteiger partial charge in [-0.25, -0.2) is 4.99 Å². The number of benzene rings is 1. The Morgan fingerprint density at radius 1 is 1.24 bits per heavy atom. The minimum Gasteiger partial charge on any atom is -0.357 e. The number of thiophene rings is 1. The highest BCUT2D eigenvalue weighted by molar-refractivity contribution is 7.09. The quantitative estimate of drug-likeness (QED) is 0.615. The number of guanidine groups is 1. The fourth-order valence-electron chi connectivity index (χ4n) is 3.31. The van der Waals surface area contributed by atoms with Gasteiger partial charge in [-0.3, -0.25) is 4.90 Å². The smallest absolute Gasteiger partial charge is 0.191 e. The number of rotatable bonds is 6. The molecule has 2 atom stereocenters. The van der Waals surface area contributed by atoms with Crippen LogP contribution in [-0.4, -0.2) is 36.0 Å². The minimum absolute atomic E-state index is 0.444. The molecule has 3 rings (SSSR count). The molecule has 4 nitrogen and oxygen atoms in total. The van der Waals surface area contributed by atoms with Crippen LogP contribution in [0.2, 0.25) is 0 Å². The Balaban J connectivity index is 1.56. The average molecular weight is 357 g/mol. The van der Waals surface area contributed by atoms with Crippen LogP contribution in [0.1, 0.15) is 30.7 Å². The molecule has 2 heterocycles. The third-order valence-electron chi connectivity index (χ3n) is 4.59. The second-order valence-electron chi connectivity index (χ2n) is 6.62. The van der Waals surface area contributed by atoms with Crippen LogP contribution < -0.4 is 10.6 Å². The monoisotopic (exact) mass is 356 g/mol. The first-order chi connectivity index (χ1) is 12.2. The number of nitrogens with zero attached hydrogens (tertiary/aromatic N) is 2. The van der Waals surface area contributed by atoms with E-state index in [1.54, 1.807) is 11.3 Å². The van der Waals surface area contributed by atoms with Gasteiger partial charge < -0.3 is 10.6 Å². The summed E-state index contributed by atoms with van der Waals surface area (Å²) in [7, 11) is 0. The van der Waals surface area contributed by atoms with Crippen LogP contribution in [-0.2, 0) is 13.1 Å². The van der Waals surface area contributed by atoms with Crippen molar-refractivity contribution < 1.29 is 0 Å². The van der Waals surface area contributed by atoms with E-state index in [0.29, 0.717) is 12.1 Å². The molecule has 5 heteroatoms. The molecule has 1 aliphatic heterocycles. The predicted octanol–water partition coefficient (Wildman–Crippen LogP) is 3.47. The second kappa shape index (κ2) is 9.02. The lowest BCUT2D eigenvalue weighted by atomic mass is 10.2. The van der Waals surface area contributed by atoms with Crippen molar-refractivity contribution in [3.63, 3.8) is 0 Å². The van der Waals surface area contributed by atoms with Crippen LogP contribution in [0, 0.1) is 0 Å². The van der Waals surface area contributed by atoms with Crippen molar-refractivity contribution in [1.29, 1.82) is 0 Å². The van der Waals surface area contributed by atoms with Gasteiger partial charge in [-0.15, -0.1) is 11.3 Å². The first-order valence-electron chi connectivity index (χ1n) is 9.09. The molecule has 1 aromatic carbocycles. The van der Waals surface area contributed by atoms with Crippen LogP contribution >= 0.6 is 11.3 Å². The van der Waals surface area contributed by atoms with Crippen LogP contribution in [0.15, 0.2) is 52.8 Å². The SMILES string of the molecule is CCNC(=NCc1cccs1)NC1CC(C)N(Cc2ccccc2)C1. The summed E-state index contributed by atoms with van der Waals surface area (Å²) < 4.78 is 0. The van der Waals surface area contributed by atoms with Gasteiger partial charge in [-0.05, 0) is 37.3 Å². The first-order valence-corrected chi connectivity index (χ1v) is 9.97. The molecule has 2 N–H and O–H groups in total. The van der Waals surface area contributed by atoms with E-state index in [4.69, 9.17) is 4.99 Å². The van der Waals surface area contributed by atoms with Crippen molar-refractivity contribution in [3.05, 3.63) is 58.3 Å². The van der Waals surface area contributed by atoms with E-state index in [1.807, 2.05) is 0 Å². The summed E-state index contributed by atoms with van der Waals surface area (Å²) in [5.74, 6) is 0.926. The zero-order valence-electron chi connectivity index (χ0n) is 15.1. The minimum atomic E-state index is 0.444. The number of nitrogens with one attached hydrogen (secondary N) is 2. The molecule has 134 valence electrons. The van der Waals surface area contributed by atoms with Crippen molar-refractivity contribution >= 4 is 17.3 Å². The number of likely N-dealkylation sites (tertiary alicyclic amines) is 1. The van der Waals surface area contributed by atoms with E-state index in [1.165, 1.54) is 10.4 Å². The lowest BCUT2D eigenvalue weighted by molar-refractivity contribution is 0.258. The summed E-state index contributed by atoms with van der Waals surface area (Å²) in [6, 6.07) is 16.0. The highest BCUT2D eigenvalue weighted by Gasteiger charge is 2.29. The molecule has 0 amide bonds. The number of hydrogen-bond acceptors (Lipinski definition) is 3. The fraction of sp³-hybridized carbons (Fsp3) is 0.450. The van der Waals surface area contributed by atoms with E-state index in [-0.39, 0.29) is 0 Å². The molecule has 2 aromatic rings. The van der Waals surface area contributed by atoms with Crippen molar-refractivity contribution in [2.45, 2.75) is 45.4 Å². The van der Waals surface area contributed by atoms with E-state index in [0.717, 1.165) is 38.6 Å². The van der Waals surface area contributed by atoms with Crippen LogP contribution in [0.4, 0.5) is 0 Å². The first kappa shape index (κ1) is 18.0. The zero-order chi connectivity index (χ0) is 17.5. The zero-order valence-corrected chi connectivity index (χ0v) is 15.9. The van der Waals surface area contributed by atoms with Crippen LogP contribution in [0.5, 0.6) is 0 Å². The molecular formula is C20H28N4S. The van der Waals surface area contributed by atoms with Gasteiger partial charge in [-0.2, -0.15) is 0 Å². The highest BCUT2D eigenvalue weighted by Crippen LogP contribution is 2.20. The molecule has 0 radical (unpaired) electrons. The Bertz CT molecular complexity index is 654. The Morgan fingerprint density at radius 3 is 2.80 bits per heavy atom. The lowest BCUT2D eigenvalue weighted by Crippen LogP contribution is -2.44. The summed E-state index contributed by atoms with van der Waals surface area (Å²) in [6.45, 7) is 8.12. The van der Waals surface area contributed by atoms with Gasteiger partial charge in [0.05, 0.1) is 6.54 Å². The molecule has 0 spiro atoms. The molecule has 25 heavy (non-hydrogen) atoms. The number of aliphatic imine (C=N–C) groups is 1. The molecule has 1 aliphatic rings. The van der Waals surface area contributed by atoms with Crippen molar-refractivity contribution in [1.82, 2.24) is 15.5 Å². The van der Waals surface area contributed by atoms with E-state index in [2.05, 4.69) is 77.2 Å². The third-order valence-corrected chi connectivity index (χ3v) is 5.45. The Kier molecular flexibility index (Phi) is 6.48. The van der Waals surface area contributed by atoms with Crippen molar-refractivity contribution in [2.75, 3.05) is 13.1 Å². The fourth-order valence-corrected chi connectivity index (χ4v) is 3.94. The molecule has 2 unspecified atom stereocenters. The Labute approximate surface area is 155 Å². The van der Waals surface area contributed by atoms with Gasteiger partial charge in [0, 0.05) is 36.6 Å². The summed E-state index contributed by atoms with van der Waals surface area (Å²) in [4.78, 5) is 8.59. The largest absolute Gasteiger partial charge is 0.357 e. The highest BCUT2D eigenvalue weighted by atomic mass is 32.1. The lowest BCUT2D eigenvalue weighted by Gasteiger charge is -2.21. The Morgan fingerprint density at radius 2 is 2.08 bits per heavy atom. The Hall–Kier alpha value is -1.85. The van der Waals surface area contributed by atoms with Crippen LogP contribution in [0.25, 0.3) is 0 Å². The maximum Gasteiger partial charge on any atom is 0.191 e. The van der Waals surface area contributed by atoms with Gasteiger partial charge in [0.2, 0.25) is 0 Å². The van der Waals surface area contributed by atoms with Gasteiger partial charge in [0.1, 0.15) is 0 Å². The van der Waals surface area contributed by atoms with E-state index >= 15 is 0 Å². The van der Waals surface area contributed by atoms with Gasteiger partial charge in [0.25, 0.3) is 0 Å². The topological polar surface area (TPSA) is 39.7 Å². The average Bonchev–Trinajstić information content (AvgIpc) is 3.24. The summed E-state index contributed by atoms with van der Waals surface area (Å²) in [5, 5.41) is 9.11. The van der Waals surface area contributed by atoms with Gasteiger partial charge >= 0.3 is 0 Å². The molecule has 0 aliphatic carbocycles. The molecular weight excluding hydrogens is 328 g/mol. The van der Waals surface area contributed by atoms with Crippen molar-refractivity contribution in [3.8, 4) is 0 Å². The number of hydrogen-bond donors (Lipinski definition) is 2. The predicted molar refractivity (Wildman–Crippen MR) is 107 cm³/mol. The van der Waals surface area contributed by atoms with Crippen molar-refractivity contribution in [2.24, 2.45) is 4.99 Å². The van der Waals surface area contributed by atoms with Crippen LogP contribution in [0.3, 0.4) is 0 Å². The maximum atomic E-state index is 4.74. The molecule has 0 saturated carbocycles.